The summed E-state index contributed by atoms with van der Waals surface area (Å²) in [5, 5.41) is 16.0. The molecule has 7 heteroatoms. The number of rotatable bonds is 7. The first-order valence-corrected chi connectivity index (χ1v) is 9.40. The minimum atomic E-state index is -0.279. The summed E-state index contributed by atoms with van der Waals surface area (Å²) in [6, 6.07) is 15.3. The van der Waals surface area contributed by atoms with Gasteiger partial charge in [-0.05, 0) is 36.8 Å². The van der Waals surface area contributed by atoms with E-state index in [1.807, 2.05) is 49.4 Å². The first-order chi connectivity index (χ1) is 14.1. The highest BCUT2D eigenvalue weighted by Gasteiger charge is 2.18. The maximum absolute atomic E-state index is 11.5. The molecule has 0 spiro atoms. The molecule has 1 aromatic heterocycles. The van der Waals surface area contributed by atoms with Crippen LogP contribution in [-0.4, -0.2) is 38.0 Å². The number of fused-ring (bicyclic) bond motifs is 1. The van der Waals surface area contributed by atoms with Crippen LogP contribution in [0, 0.1) is 11.3 Å². The van der Waals surface area contributed by atoms with Gasteiger partial charge in [0.1, 0.15) is 18.4 Å². The highest BCUT2D eigenvalue weighted by Crippen LogP contribution is 2.35. The Labute approximate surface area is 169 Å². The predicted octanol–water partition coefficient (Wildman–Crippen LogP) is 3.98. The smallest absolute Gasteiger partial charge is 0.318 e. The first kappa shape index (κ1) is 20.2. The summed E-state index contributed by atoms with van der Waals surface area (Å²) >= 11 is 0. The van der Waals surface area contributed by atoms with Crippen molar-refractivity contribution in [3.63, 3.8) is 0 Å². The zero-order chi connectivity index (χ0) is 20.8. The van der Waals surface area contributed by atoms with E-state index in [4.69, 9.17) is 9.47 Å². The third-order valence-corrected chi connectivity index (χ3v) is 4.66. The summed E-state index contributed by atoms with van der Waals surface area (Å²) in [6.07, 6.45) is 0. The number of ether oxygens (including phenoxy) is 2. The highest BCUT2D eigenvalue weighted by molar-refractivity contribution is 5.95. The van der Waals surface area contributed by atoms with E-state index in [1.165, 1.54) is 0 Å². The van der Waals surface area contributed by atoms with Crippen LogP contribution >= 0.6 is 0 Å². The summed E-state index contributed by atoms with van der Waals surface area (Å²) in [5.74, 6) is 0.739. The van der Waals surface area contributed by atoms with E-state index >= 15 is 0 Å². The lowest BCUT2D eigenvalue weighted by molar-refractivity contribution is 0.146. The number of hydrogen-bond acceptors (Lipinski definition) is 4. The fraction of sp³-hybridized carbons (Fsp3) is 0.273. The Morgan fingerprint density at radius 3 is 2.55 bits per heavy atom. The number of nitriles is 1. The molecule has 0 aliphatic rings. The van der Waals surface area contributed by atoms with Gasteiger partial charge in [-0.25, -0.2) is 4.79 Å². The third kappa shape index (κ3) is 4.18. The van der Waals surface area contributed by atoms with Gasteiger partial charge in [0.2, 0.25) is 0 Å². The molecule has 0 fully saturated rings. The lowest BCUT2D eigenvalue weighted by atomic mass is 10.1. The van der Waals surface area contributed by atoms with Crippen molar-refractivity contribution in [1.29, 1.82) is 5.26 Å². The van der Waals surface area contributed by atoms with Gasteiger partial charge in [0.25, 0.3) is 0 Å². The highest BCUT2D eigenvalue weighted by atomic mass is 16.5. The Bertz CT molecular complexity index is 1050. The van der Waals surface area contributed by atoms with E-state index in [0.29, 0.717) is 31.0 Å². The van der Waals surface area contributed by atoms with Crippen LogP contribution < -0.4 is 15.4 Å². The van der Waals surface area contributed by atoms with Gasteiger partial charge in [-0.2, -0.15) is 5.26 Å². The molecule has 2 amide bonds. The van der Waals surface area contributed by atoms with Gasteiger partial charge in [-0.15, -0.1) is 0 Å². The fourth-order valence-corrected chi connectivity index (χ4v) is 3.31. The summed E-state index contributed by atoms with van der Waals surface area (Å²) < 4.78 is 12.9. The van der Waals surface area contributed by atoms with Crippen LogP contribution in [0.1, 0.15) is 12.5 Å². The molecule has 0 bridgehead atoms. The van der Waals surface area contributed by atoms with Gasteiger partial charge in [0.15, 0.2) is 0 Å². The van der Waals surface area contributed by atoms with Crippen LogP contribution in [0.15, 0.2) is 42.5 Å². The van der Waals surface area contributed by atoms with Crippen LogP contribution in [0.2, 0.25) is 0 Å². The number of amides is 2. The van der Waals surface area contributed by atoms with Crippen molar-refractivity contribution < 1.29 is 14.3 Å². The molecule has 2 N–H and O–H groups in total. The minimum Gasteiger partial charge on any atom is -0.491 e. The molecule has 0 saturated carbocycles. The molecule has 7 nitrogen and oxygen atoms in total. The van der Waals surface area contributed by atoms with E-state index in [-0.39, 0.29) is 6.03 Å². The van der Waals surface area contributed by atoms with Gasteiger partial charge >= 0.3 is 6.03 Å². The molecule has 1 heterocycles. The quantitative estimate of drug-likeness (QED) is 0.596. The summed E-state index contributed by atoms with van der Waals surface area (Å²) in [7, 11) is 3.20. The number of carbonyl (C=O) groups excluding carboxylic acids is 1. The van der Waals surface area contributed by atoms with E-state index < -0.39 is 0 Å². The average molecular weight is 392 g/mol. The number of nitrogens with one attached hydrogen (secondary N) is 2. The zero-order valence-corrected chi connectivity index (χ0v) is 16.8. The molecule has 150 valence electrons. The standard InChI is InChI=1S/C22H24N4O3/c1-4-26-20-13-17(29-12-11-28-3)9-10-18(20)19(14-23)21(26)15-5-7-16(8-6-15)25-22(27)24-2/h5-10,13H,4,11-12H2,1-3H3,(H2,24,25,27). The van der Waals surface area contributed by atoms with E-state index in [2.05, 4.69) is 21.3 Å². The third-order valence-electron chi connectivity index (χ3n) is 4.66. The largest absolute Gasteiger partial charge is 0.491 e. The van der Waals surface area contributed by atoms with Crippen LogP contribution in [0.5, 0.6) is 5.75 Å². The normalized spacial score (nSPS) is 10.6. The summed E-state index contributed by atoms with van der Waals surface area (Å²) in [5.41, 5.74) is 4.01. The summed E-state index contributed by atoms with van der Waals surface area (Å²) in [4.78, 5) is 11.5. The summed E-state index contributed by atoms with van der Waals surface area (Å²) in [6.45, 7) is 3.72. The van der Waals surface area contributed by atoms with Gasteiger partial charge in [0.05, 0.1) is 23.4 Å². The number of methoxy groups -OCH3 is 1. The van der Waals surface area contributed by atoms with Crippen molar-refractivity contribution in [3.05, 3.63) is 48.0 Å². The number of aryl methyl sites for hydroxylation is 1. The molecule has 3 aromatic rings. The Balaban J connectivity index is 2.04. The zero-order valence-electron chi connectivity index (χ0n) is 16.8. The Kier molecular flexibility index (Phi) is 6.37. The van der Waals surface area contributed by atoms with Crippen molar-refractivity contribution in [2.45, 2.75) is 13.5 Å². The molecule has 0 atom stereocenters. The van der Waals surface area contributed by atoms with Crippen molar-refractivity contribution >= 4 is 22.6 Å². The molecular formula is C22H24N4O3. The Morgan fingerprint density at radius 1 is 1.17 bits per heavy atom. The monoisotopic (exact) mass is 392 g/mol. The van der Waals surface area contributed by atoms with E-state index in [0.717, 1.165) is 27.9 Å². The number of aromatic nitrogens is 1. The second-order valence-corrected chi connectivity index (χ2v) is 6.38. The van der Waals surface area contributed by atoms with Crippen molar-refractivity contribution in [2.75, 3.05) is 32.7 Å². The molecule has 29 heavy (non-hydrogen) atoms. The number of carbonyl (C=O) groups is 1. The molecule has 0 saturated heterocycles. The van der Waals surface area contributed by atoms with Gasteiger partial charge in [-0.3, -0.25) is 0 Å². The number of nitrogens with zero attached hydrogens (tertiary/aromatic N) is 2. The average Bonchev–Trinajstić information content (AvgIpc) is 3.07. The van der Waals surface area contributed by atoms with E-state index in [1.54, 1.807) is 14.2 Å². The Hall–Kier alpha value is -3.50. The second kappa shape index (κ2) is 9.13. The molecule has 0 unspecified atom stereocenters. The Morgan fingerprint density at radius 2 is 1.93 bits per heavy atom. The SMILES string of the molecule is CCn1c(-c2ccc(NC(=O)NC)cc2)c(C#N)c2ccc(OCCOC)cc21. The lowest BCUT2D eigenvalue weighted by Crippen LogP contribution is -2.24. The van der Waals surface area contributed by atoms with Gasteiger partial charge < -0.3 is 24.7 Å². The van der Waals surface area contributed by atoms with Gasteiger partial charge in [0, 0.05) is 37.8 Å². The lowest BCUT2D eigenvalue weighted by Gasteiger charge is -2.11. The minimum absolute atomic E-state index is 0.279. The molecule has 0 aliphatic heterocycles. The maximum Gasteiger partial charge on any atom is 0.318 e. The van der Waals surface area contributed by atoms with E-state index in [9.17, 15) is 10.1 Å². The molecular weight excluding hydrogens is 368 g/mol. The van der Waals surface area contributed by atoms with Crippen LogP contribution in [0.25, 0.3) is 22.2 Å². The number of urea groups is 1. The van der Waals surface area contributed by atoms with Crippen molar-refractivity contribution in [3.8, 4) is 23.1 Å². The maximum atomic E-state index is 11.5. The van der Waals surface area contributed by atoms with Crippen LogP contribution in [0.3, 0.4) is 0 Å². The number of anilines is 1. The predicted molar refractivity (Wildman–Crippen MR) is 113 cm³/mol. The molecule has 0 radical (unpaired) electrons. The van der Waals surface area contributed by atoms with Crippen molar-refractivity contribution in [2.24, 2.45) is 0 Å². The first-order valence-electron chi connectivity index (χ1n) is 9.40. The van der Waals surface area contributed by atoms with Crippen LogP contribution in [0.4, 0.5) is 10.5 Å². The topological polar surface area (TPSA) is 88.3 Å². The molecule has 3 rings (SSSR count). The number of hydrogen-bond donors (Lipinski definition) is 2. The second-order valence-electron chi connectivity index (χ2n) is 6.38. The fourth-order valence-electron chi connectivity index (χ4n) is 3.31. The molecule has 0 aliphatic carbocycles. The van der Waals surface area contributed by atoms with Crippen LogP contribution in [-0.2, 0) is 11.3 Å². The number of benzene rings is 2. The molecule has 2 aromatic carbocycles. The van der Waals surface area contributed by atoms with Crippen molar-refractivity contribution in [1.82, 2.24) is 9.88 Å². The van der Waals surface area contributed by atoms with Gasteiger partial charge in [-0.1, -0.05) is 12.1 Å².